The van der Waals surface area contributed by atoms with Crippen LogP contribution in [0.5, 0.6) is 0 Å². The van der Waals surface area contributed by atoms with E-state index >= 15 is 0 Å². The van der Waals surface area contributed by atoms with Gasteiger partial charge in [0, 0.05) is 16.9 Å². The molecule has 1 atom stereocenters. The van der Waals surface area contributed by atoms with E-state index in [1.807, 2.05) is 13.0 Å². The smallest absolute Gasteiger partial charge is 0.309 e. The zero-order valence-electron chi connectivity index (χ0n) is 10.9. The van der Waals surface area contributed by atoms with E-state index in [-0.39, 0.29) is 0 Å². The van der Waals surface area contributed by atoms with Crippen molar-refractivity contribution < 1.29 is 9.90 Å². The van der Waals surface area contributed by atoms with E-state index in [4.69, 9.17) is 0 Å². The molecule has 100 valence electrons. The molecule has 0 radical (unpaired) electrons. The number of pyridine rings is 1. The fourth-order valence-electron chi connectivity index (χ4n) is 2.18. The van der Waals surface area contributed by atoms with Gasteiger partial charge in [0.15, 0.2) is 0 Å². The molecule has 1 N–H and O–H groups in total. The zero-order valence-corrected chi connectivity index (χ0v) is 12.5. The lowest BCUT2D eigenvalue weighted by molar-refractivity contribution is -0.149. The van der Waals surface area contributed by atoms with Crippen molar-refractivity contribution in [1.82, 2.24) is 4.98 Å². The monoisotopic (exact) mass is 313 g/mol. The van der Waals surface area contributed by atoms with E-state index in [0.717, 1.165) is 29.3 Å². The predicted molar refractivity (Wildman–Crippen MR) is 75.5 cm³/mol. The molecule has 1 aromatic rings. The van der Waals surface area contributed by atoms with E-state index in [9.17, 15) is 9.90 Å². The number of carbonyl (C=O) groups is 1. The number of hydrogen-bond acceptors (Lipinski definition) is 2. The Morgan fingerprint density at radius 1 is 1.44 bits per heavy atom. The van der Waals surface area contributed by atoms with Crippen molar-refractivity contribution in [3.63, 3.8) is 0 Å². The Hall–Kier alpha value is -0.900. The summed E-state index contributed by atoms with van der Waals surface area (Å²) in [6.45, 7) is 4.04. The lowest BCUT2D eigenvalue weighted by Crippen LogP contribution is -2.32. The average molecular weight is 314 g/mol. The maximum Gasteiger partial charge on any atom is 0.309 e. The third-order valence-electron chi connectivity index (χ3n) is 3.44. The van der Waals surface area contributed by atoms with Gasteiger partial charge in [-0.05, 0) is 46.8 Å². The molecule has 1 rings (SSSR count). The SMILES string of the molecule is CCCCC(CC)(Cc1cncc(Br)c1)C(=O)O. The molecule has 0 bridgehead atoms. The highest BCUT2D eigenvalue weighted by molar-refractivity contribution is 9.10. The number of halogens is 1. The molecule has 4 heteroatoms. The second-order valence-corrected chi connectivity index (χ2v) is 5.65. The summed E-state index contributed by atoms with van der Waals surface area (Å²) in [6.07, 6.45) is 7.35. The lowest BCUT2D eigenvalue weighted by Gasteiger charge is -2.28. The number of carboxylic acid groups (broad SMARTS) is 1. The molecule has 18 heavy (non-hydrogen) atoms. The Labute approximate surface area is 117 Å². The molecule has 3 nitrogen and oxygen atoms in total. The van der Waals surface area contributed by atoms with Crippen molar-refractivity contribution in [1.29, 1.82) is 0 Å². The topological polar surface area (TPSA) is 50.2 Å². The Kier molecular flexibility index (Phi) is 5.79. The first-order valence-corrected chi connectivity index (χ1v) is 7.16. The van der Waals surface area contributed by atoms with E-state index in [2.05, 4.69) is 27.8 Å². The normalized spacial score (nSPS) is 14.2. The van der Waals surface area contributed by atoms with Crippen LogP contribution in [0.3, 0.4) is 0 Å². The summed E-state index contributed by atoms with van der Waals surface area (Å²) >= 11 is 3.37. The molecular formula is C14H20BrNO2. The first kappa shape index (κ1) is 15.2. The van der Waals surface area contributed by atoms with Gasteiger partial charge >= 0.3 is 5.97 Å². The summed E-state index contributed by atoms with van der Waals surface area (Å²) in [4.78, 5) is 15.7. The van der Waals surface area contributed by atoms with Crippen LogP contribution in [0, 0.1) is 5.41 Å². The first-order chi connectivity index (χ1) is 8.54. The van der Waals surface area contributed by atoms with E-state index in [0.29, 0.717) is 12.8 Å². The van der Waals surface area contributed by atoms with Crippen molar-refractivity contribution in [3.8, 4) is 0 Å². The maximum atomic E-state index is 11.6. The van der Waals surface area contributed by atoms with Gasteiger partial charge in [0.25, 0.3) is 0 Å². The van der Waals surface area contributed by atoms with Crippen LogP contribution in [0.15, 0.2) is 22.9 Å². The highest BCUT2D eigenvalue weighted by Crippen LogP contribution is 2.33. The quantitative estimate of drug-likeness (QED) is 0.826. The number of carboxylic acids is 1. The molecule has 1 unspecified atom stereocenters. The van der Waals surface area contributed by atoms with Gasteiger partial charge in [0.2, 0.25) is 0 Å². The van der Waals surface area contributed by atoms with Gasteiger partial charge in [-0.25, -0.2) is 0 Å². The van der Waals surface area contributed by atoms with Crippen LogP contribution in [0.2, 0.25) is 0 Å². The molecule has 0 aliphatic heterocycles. The fraction of sp³-hybridized carbons (Fsp3) is 0.571. The van der Waals surface area contributed by atoms with Crippen LogP contribution in [-0.4, -0.2) is 16.1 Å². The fourth-order valence-corrected chi connectivity index (χ4v) is 2.59. The third kappa shape index (κ3) is 3.80. The van der Waals surface area contributed by atoms with Gasteiger partial charge in [0.05, 0.1) is 5.41 Å². The molecule has 1 heterocycles. The molecule has 0 saturated carbocycles. The minimum atomic E-state index is -0.696. The van der Waals surface area contributed by atoms with Gasteiger partial charge in [-0.2, -0.15) is 0 Å². The molecule has 0 saturated heterocycles. The van der Waals surface area contributed by atoms with Crippen LogP contribution in [-0.2, 0) is 11.2 Å². The highest BCUT2D eigenvalue weighted by atomic mass is 79.9. The van der Waals surface area contributed by atoms with Gasteiger partial charge in [-0.1, -0.05) is 26.7 Å². The van der Waals surface area contributed by atoms with E-state index in [1.165, 1.54) is 0 Å². The number of hydrogen-bond donors (Lipinski definition) is 1. The Balaban J connectivity index is 2.93. The zero-order chi connectivity index (χ0) is 13.6. The largest absolute Gasteiger partial charge is 0.481 e. The van der Waals surface area contributed by atoms with Crippen LogP contribution in [0.4, 0.5) is 0 Å². The number of rotatable bonds is 7. The summed E-state index contributed by atoms with van der Waals surface area (Å²) < 4.78 is 0.894. The van der Waals surface area contributed by atoms with Crippen molar-refractivity contribution in [2.45, 2.75) is 46.0 Å². The molecule has 0 aliphatic rings. The van der Waals surface area contributed by atoms with E-state index in [1.54, 1.807) is 12.4 Å². The average Bonchev–Trinajstić information content (AvgIpc) is 2.34. The van der Waals surface area contributed by atoms with Crippen molar-refractivity contribution in [3.05, 3.63) is 28.5 Å². The standard InChI is InChI=1S/C14H20BrNO2/c1-3-5-6-14(4-2,13(17)18)8-11-7-12(15)10-16-9-11/h7,9-10H,3-6,8H2,1-2H3,(H,17,18). The minimum Gasteiger partial charge on any atom is -0.481 e. The Morgan fingerprint density at radius 3 is 2.67 bits per heavy atom. The molecule has 0 fully saturated rings. The lowest BCUT2D eigenvalue weighted by atomic mass is 9.75. The molecule has 0 amide bonds. The summed E-state index contributed by atoms with van der Waals surface area (Å²) in [5.74, 6) is -0.696. The second kappa shape index (κ2) is 6.88. The van der Waals surface area contributed by atoms with Crippen molar-refractivity contribution in [2.24, 2.45) is 5.41 Å². The minimum absolute atomic E-state index is 0.547. The Bertz CT molecular complexity index is 409. The van der Waals surface area contributed by atoms with E-state index < -0.39 is 11.4 Å². The summed E-state index contributed by atoms with van der Waals surface area (Å²) in [7, 11) is 0. The van der Waals surface area contributed by atoms with Crippen LogP contribution in [0.1, 0.15) is 45.1 Å². The number of nitrogens with zero attached hydrogens (tertiary/aromatic N) is 1. The highest BCUT2D eigenvalue weighted by Gasteiger charge is 2.36. The molecule has 1 aromatic heterocycles. The number of aliphatic carboxylic acids is 1. The van der Waals surface area contributed by atoms with Gasteiger partial charge < -0.3 is 5.11 Å². The molecule has 0 aliphatic carbocycles. The summed E-state index contributed by atoms with van der Waals surface area (Å²) in [5.41, 5.74) is 0.322. The molecule has 0 aromatic carbocycles. The maximum absolute atomic E-state index is 11.6. The van der Waals surface area contributed by atoms with Gasteiger partial charge in [-0.15, -0.1) is 0 Å². The van der Waals surface area contributed by atoms with Crippen LogP contribution >= 0.6 is 15.9 Å². The van der Waals surface area contributed by atoms with Crippen LogP contribution in [0.25, 0.3) is 0 Å². The van der Waals surface area contributed by atoms with Crippen LogP contribution < -0.4 is 0 Å². The summed E-state index contributed by atoms with van der Waals surface area (Å²) in [5, 5.41) is 9.55. The molecule has 0 spiro atoms. The second-order valence-electron chi connectivity index (χ2n) is 4.73. The number of unbranched alkanes of at least 4 members (excludes halogenated alkanes) is 1. The van der Waals surface area contributed by atoms with Gasteiger partial charge in [0.1, 0.15) is 0 Å². The van der Waals surface area contributed by atoms with Crippen molar-refractivity contribution >= 4 is 21.9 Å². The number of aromatic nitrogens is 1. The predicted octanol–water partition coefficient (Wildman–Crippen LogP) is 4.06. The molecular weight excluding hydrogens is 294 g/mol. The van der Waals surface area contributed by atoms with Crippen molar-refractivity contribution in [2.75, 3.05) is 0 Å². The third-order valence-corrected chi connectivity index (χ3v) is 3.88. The van der Waals surface area contributed by atoms with Gasteiger partial charge in [-0.3, -0.25) is 9.78 Å². The first-order valence-electron chi connectivity index (χ1n) is 6.37. The Morgan fingerprint density at radius 2 is 2.17 bits per heavy atom. The summed E-state index contributed by atoms with van der Waals surface area (Å²) in [6, 6.07) is 1.95.